The van der Waals surface area contributed by atoms with Gasteiger partial charge in [-0.15, -0.1) is 0 Å². The first-order valence-corrected chi connectivity index (χ1v) is 5.74. The Kier molecular flexibility index (Phi) is 9.52. The monoisotopic (exact) mass is 216 g/mol. The number of carbonyl (C=O) groups is 1. The average molecular weight is 216 g/mol. The van der Waals surface area contributed by atoms with Crippen molar-refractivity contribution in [1.29, 1.82) is 0 Å². The minimum absolute atomic E-state index is 0.104. The zero-order chi connectivity index (χ0) is 11.5. The van der Waals surface area contributed by atoms with Gasteiger partial charge in [-0.25, -0.2) is 0 Å². The maximum atomic E-state index is 11.2. The number of amides is 1. The quantitative estimate of drug-likeness (QED) is 0.563. The van der Waals surface area contributed by atoms with Crippen molar-refractivity contribution < 1.29 is 9.53 Å². The SMILES string of the molecule is CCCOCCNCCC(=O)NC(C)C. The number of rotatable bonds is 9. The van der Waals surface area contributed by atoms with Gasteiger partial charge in [0.15, 0.2) is 0 Å². The molecule has 15 heavy (non-hydrogen) atoms. The molecule has 0 atom stereocenters. The molecule has 0 bridgehead atoms. The van der Waals surface area contributed by atoms with Gasteiger partial charge in [-0.3, -0.25) is 4.79 Å². The van der Waals surface area contributed by atoms with Gasteiger partial charge in [-0.2, -0.15) is 0 Å². The Morgan fingerprint density at radius 1 is 1.27 bits per heavy atom. The molecule has 90 valence electrons. The fraction of sp³-hybridized carbons (Fsp3) is 0.909. The van der Waals surface area contributed by atoms with Gasteiger partial charge >= 0.3 is 0 Å². The standard InChI is InChI=1S/C11H24N2O2/c1-4-8-15-9-7-12-6-5-11(14)13-10(2)3/h10,12H,4-9H2,1-3H3,(H,13,14). The number of hydrogen-bond donors (Lipinski definition) is 2. The summed E-state index contributed by atoms with van der Waals surface area (Å²) >= 11 is 0. The first-order chi connectivity index (χ1) is 7.16. The van der Waals surface area contributed by atoms with Crippen LogP contribution in [0.1, 0.15) is 33.6 Å². The second-order valence-corrected chi connectivity index (χ2v) is 3.83. The molecule has 0 aliphatic rings. The molecule has 1 amide bonds. The van der Waals surface area contributed by atoms with Crippen molar-refractivity contribution in [2.24, 2.45) is 0 Å². The lowest BCUT2D eigenvalue weighted by Gasteiger charge is -2.08. The van der Waals surface area contributed by atoms with Crippen LogP contribution in [-0.2, 0) is 9.53 Å². The van der Waals surface area contributed by atoms with Crippen molar-refractivity contribution in [3.8, 4) is 0 Å². The molecule has 0 aromatic heterocycles. The van der Waals surface area contributed by atoms with E-state index in [0.29, 0.717) is 13.0 Å². The third-order valence-corrected chi connectivity index (χ3v) is 1.75. The molecule has 0 rings (SSSR count). The van der Waals surface area contributed by atoms with E-state index >= 15 is 0 Å². The van der Waals surface area contributed by atoms with Crippen LogP contribution in [0.25, 0.3) is 0 Å². The summed E-state index contributed by atoms with van der Waals surface area (Å²) in [6.45, 7) is 9.08. The largest absolute Gasteiger partial charge is 0.380 e. The zero-order valence-corrected chi connectivity index (χ0v) is 10.1. The van der Waals surface area contributed by atoms with E-state index in [2.05, 4.69) is 17.6 Å². The Labute approximate surface area is 92.8 Å². The Hall–Kier alpha value is -0.610. The normalized spacial score (nSPS) is 10.7. The molecule has 0 spiro atoms. The second kappa shape index (κ2) is 9.93. The van der Waals surface area contributed by atoms with Crippen molar-refractivity contribution >= 4 is 5.91 Å². The molecule has 0 aromatic rings. The predicted octanol–water partition coefficient (Wildman–Crippen LogP) is 0.917. The van der Waals surface area contributed by atoms with Crippen LogP contribution in [0.4, 0.5) is 0 Å². The lowest BCUT2D eigenvalue weighted by atomic mass is 10.3. The summed E-state index contributed by atoms with van der Waals surface area (Å²) in [7, 11) is 0. The van der Waals surface area contributed by atoms with Crippen LogP contribution in [-0.4, -0.2) is 38.3 Å². The minimum Gasteiger partial charge on any atom is -0.380 e. The fourth-order valence-electron chi connectivity index (χ4n) is 1.11. The molecule has 0 aromatic carbocycles. The maximum Gasteiger partial charge on any atom is 0.221 e. The van der Waals surface area contributed by atoms with Gasteiger partial charge in [0.25, 0.3) is 0 Å². The third kappa shape index (κ3) is 11.3. The molecular weight excluding hydrogens is 192 g/mol. The van der Waals surface area contributed by atoms with Crippen LogP contribution in [0.2, 0.25) is 0 Å². The summed E-state index contributed by atoms with van der Waals surface area (Å²) in [5.74, 6) is 0.104. The summed E-state index contributed by atoms with van der Waals surface area (Å²) in [5, 5.41) is 6.01. The van der Waals surface area contributed by atoms with E-state index < -0.39 is 0 Å². The molecule has 4 heteroatoms. The zero-order valence-electron chi connectivity index (χ0n) is 10.1. The van der Waals surface area contributed by atoms with Crippen LogP contribution in [0.3, 0.4) is 0 Å². The van der Waals surface area contributed by atoms with Gasteiger partial charge in [0.05, 0.1) is 6.61 Å². The highest BCUT2D eigenvalue weighted by Crippen LogP contribution is 1.82. The summed E-state index contributed by atoms with van der Waals surface area (Å²) in [6.07, 6.45) is 1.59. The molecule has 0 radical (unpaired) electrons. The van der Waals surface area contributed by atoms with Crippen molar-refractivity contribution in [2.45, 2.75) is 39.7 Å². The third-order valence-electron chi connectivity index (χ3n) is 1.75. The van der Waals surface area contributed by atoms with Crippen LogP contribution in [0, 0.1) is 0 Å². The minimum atomic E-state index is 0.104. The van der Waals surface area contributed by atoms with Crippen molar-refractivity contribution in [3.05, 3.63) is 0 Å². The van der Waals surface area contributed by atoms with E-state index in [1.165, 1.54) is 0 Å². The molecule has 0 aliphatic carbocycles. The number of hydrogen-bond acceptors (Lipinski definition) is 3. The summed E-state index contributed by atoms with van der Waals surface area (Å²) in [6, 6.07) is 0.227. The smallest absolute Gasteiger partial charge is 0.221 e. The maximum absolute atomic E-state index is 11.2. The average Bonchev–Trinajstić information content (AvgIpc) is 2.15. The molecular formula is C11H24N2O2. The summed E-state index contributed by atoms with van der Waals surface area (Å²) in [5.41, 5.74) is 0. The van der Waals surface area contributed by atoms with Gasteiger partial charge in [0.1, 0.15) is 0 Å². The van der Waals surface area contributed by atoms with E-state index in [1.807, 2.05) is 13.8 Å². The van der Waals surface area contributed by atoms with Crippen LogP contribution >= 0.6 is 0 Å². The summed E-state index contributed by atoms with van der Waals surface area (Å²) < 4.78 is 5.29. The lowest BCUT2D eigenvalue weighted by Crippen LogP contribution is -2.33. The molecule has 0 aliphatic heterocycles. The van der Waals surface area contributed by atoms with E-state index in [9.17, 15) is 4.79 Å². The number of nitrogens with one attached hydrogen (secondary N) is 2. The summed E-state index contributed by atoms with van der Waals surface area (Å²) in [4.78, 5) is 11.2. The lowest BCUT2D eigenvalue weighted by molar-refractivity contribution is -0.121. The van der Waals surface area contributed by atoms with E-state index in [-0.39, 0.29) is 11.9 Å². The Morgan fingerprint density at radius 3 is 2.60 bits per heavy atom. The van der Waals surface area contributed by atoms with Crippen molar-refractivity contribution in [2.75, 3.05) is 26.3 Å². The molecule has 0 fully saturated rings. The van der Waals surface area contributed by atoms with Crippen LogP contribution in [0.5, 0.6) is 0 Å². The number of carbonyl (C=O) groups excluding carboxylic acids is 1. The Bertz CT molecular complexity index is 161. The fourth-order valence-corrected chi connectivity index (χ4v) is 1.11. The predicted molar refractivity (Wildman–Crippen MR) is 61.9 cm³/mol. The van der Waals surface area contributed by atoms with Gasteiger partial charge < -0.3 is 15.4 Å². The molecule has 0 saturated heterocycles. The van der Waals surface area contributed by atoms with Crippen LogP contribution < -0.4 is 10.6 Å². The van der Waals surface area contributed by atoms with Crippen molar-refractivity contribution in [3.63, 3.8) is 0 Å². The molecule has 0 unspecified atom stereocenters. The van der Waals surface area contributed by atoms with E-state index in [4.69, 9.17) is 4.74 Å². The molecule has 0 saturated carbocycles. The topological polar surface area (TPSA) is 50.4 Å². The van der Waals surface area contributed by atoms with Gasteiger partial charge in [-0.1, -0.05) is 6.92 Å². The van der Waals surface area contributed by atoms with Crippen LogP contribution in [0.15, 0.2) is 0 Å². The van der Waals surface area contributed by atoms with Gasteiger partial charge in [-0.05, 0) is 20.3 Å². The Morgan fingerprint density at radius 2 is 2.00 bits per heavy atom. The highest BCUT2D eigenvalue weighted by molar-refractivity contribution is 5.76. The Balaban J connectivity index is 3.13. The van der Waals surface area contributed by atoms with E-state index in [1.54, 1.807) is 0 Å². The molecule has 2 N–H and O–H groups in total. The highest BCUT2D eigenvalue weighted by Gasteiger charge is 2.01. The highest BCUT2D eigenvalue weighted by atomic mass is 16.5. The van der Waals surface area contributed by atoms with Crippen molar-refractivity contribution in [1.82, 2.24) is 10.6 Å². The van der Waals surface area contributed by atoms with Gasteiger partial charge in [0.2, 0.25) is 5.91 Å². The second-order valence-electron chi connectivity index (χ2n) is 3.83. The van der Waals surface area contributed by atoms with E-state index in [0.717, 1.165) is 26.2 Å². The molecule has 0 heterocycles. The first kappa shape index (κ1) is 14.4. The number of ether oxygens (including phenoxy) is 1. The molecule has 4 nitrogen and oxygen atoms in total. The van der Waals surface area contributed by atoms with Gasteiger partial charge in [0, 0.05) is 32.2 Å². The first-order valence-electron chi connectivity index (χ1n) is 5.74.